The molecule has 0 saturated heterocycles. The predicted molar refractivity (Wildman–Crippen MR) is 111 cm³/mol. The Kier molecular flexibility index (Phi) is 4.19. The quantitative estimate of drug-likeness (QED) is 0.431. The summed E-state index contributed by atoms with van der Waals surface area (Å²) in [6.45, 7) is 0. The molecule has 0 radical (unpaired) electrons. The van der Waals surface area contributed by atoms with Crippen LogP contribution in [-0.2, 0) is 0 Å². The molecule has 5 rings (SSSR count). The number of pyridine rings is 1. The number of fused-ring (bicyclic) bond motifs is 2. The number of carbonyl (C=O) groups is 1. The van der Waals surface area contributed by atoms with Crippen LogP contribution >= 0.6 is 0 Å². The Bertz CT molecular complexity index is 1400. The number of carbonyl (C=O) groups excluding carboxylic acids is 1. The molecule has 144 valence electrons. The molecule has 0 bridgehead atoms. The van der Waals surface area contributed by atoms with Gasteiger partial charge in [0.15, 0.2) is 5.82 Å². The number of nitrogens with zero attached hydrogens (tertiary/aromatic N) is 4. The van der Waals surface area contributed by atoms with E-state index in [4.69, 9.17) is 0 Å². The molecule has 8 nitrogen and oxygen atoms in total. The minimum Gasteiger partial charge on any atom is -0.334 e. The van der Waals surface area contributed by atoms with Crippen LogP contribution in [0.15, 0.2) is 67.0 Å². The third-order valence-corrected chi connectivity index (χ3v) is 4.87. The van der Waals surface area contributed by atoms with E-state index in [1.54, 1.807) is 24.5 Å². The number of hydrogen-bond acceptors (Lipinski definition) is 5. The monoisotopic (exact) mass is 393 g/mol. The molecule has 3 aromatic heterocycles. The maximum Gasteiger partial charge on any atom is 0.288 e. The molecule has 2 aromatic carbocycles. The Labute approximate surface area is 170 Å². The zero-order valence-corrected chi connectivity index (χ0v) is 15.6. The molecular formula is C22H15N7O. The van der Waals surface area contributed by atoms with Crippen molar-refractivity contribution >= 4 is 27.8 Å². The van der Waals surface area contributed by atoms with Crippen LogP contribution in [0.4, 0.5) is 0 Å². The van der Waals surface area contributed by atoms with Crippen molar-refractivity contribution in [3.63, 3.8) is 0 Å². The lowest BCUT2D eigenvalue weighted by Gasteiger charge is -2.10. The molecule has 8 heteroatoms. The van der Waals surface area contributed by atoms with Crippen molar-refractivity contribution < 1.29 is 4.79 Å². The predicted octanol–water partition coefficient (Wildman–Crippen LogP) is 3.50. The number of H-pyrrole nitrogens is 2. The number of aromatic amines is 2. The van der Waals surface area contributed by atoms with Gasteiger partial charge in [-0.1, -0.05) is 30.3 Å². The van der Waals surface area contributed by atoms with E-state index in [2.05, 4.69) is 36.5 Å². The van der Waals surface area contributed by atoms with Gasteiger partial charge in [-0.15, -0.1) is 0 Å². The first-order valence-corrected chi connectivity index (χ1v) is 9.26. The SMILES string of the molecule is N#CC(NC(=O)c1nc2cc3c(-c4ccncc4)n[nH]c3cc2[nH]1)c1ccccc1. The average Bonchev–Trinajstić information content (AvgIpc) is 3.40. The first-order chi connectivity index (χ1) is 14.7. The highest BCUT2D eigenvalue weighted by molar-refractivity contribution is 6.02. The van der Waals surface area contributed by atoms with Crippen molar-refractivity contribution in [1.82, 2.24) is 30.5 Å². The number of nitriles is 1. The molecule has 5 aromatic rings. The normalized spacial score (nSPS) is 12.0. The Morgan fingerprint density at radius 1 is 1.07 bits per heavy atom. The molecule has 0 aliphatic rings. The molecule has 30 heavy (non-hydrogen) atoms. The Morgan fingerprint density at radius 2 is 1.87 bits per heavy atom. The summed E-state index contributed by atoms with van der Waals surface area (Å²) in [5.41, 5.74) is 4.60. The van der Waals surface area contributed by atoms with Crippen LogP contribution in [0.5, 0.6) is 0 Å². The number of benzene rings is 2. The Hall–Kier alpha value is -4.51. The van der Waals surface area contributed by atoms with Crippen LogP contribution < -0.4 is 5.32 Å². The highest BCUT2D eigenvalue weighted by atomic mass is 16.2. The third-order valence-electron chi connectivity index (χ3n) is 4.87. The first kappa shape index (κ1) is 17.6. The maximum atomic E-state index is 12.7. The largest absolute Gasteiger partial charge is 0.334 e. The number of hydrogen-bond donors (Lipinski definition) is 3. The van der Waals surface area contributed by atoms with Crippen molar-refractivity contribution in [3.8, 4) is 17.3 Å². The fraction of sp³-hybridized carbons (Fsp3) is 0.0455. The van der Waals surface area contributed by atoms with Gasteiger partial charge in [-0.05, 0) is 29.8 Å². The van der Waals surface area contributed by atoms with Crippen LogP contribution in [0.25, 0.3) is 33.2 Å². The van der Waals surface area contributed by atoms with E-state index in [-0.39, 0.29) is 5.82 Å². The summed E-state index contributed by atoms with van der Waals surface area (Å²) >= 11 is 0. The smallest absolute Gasteiger partial charge is 0.288 e. The van der Waals surface area contributed by atoms with Crippen molar-refractivity contribution in [1.29, 1.82) is 5.26 Å². The molecule has 0 spiro atoms. The molecule has 0 fully saturated rings. The third kappa shape index (κ3) is 3.04. The van der Waals surface area contributed by atoms with Gasteiger partial charge in [0.25, 0.3) is 5.91 Å². The minimum absolute atomic E-state index is 0.146. The van der Waals surface area contributed by atoms with E-state index in [0.717, 1.165) is 22.2 Å². The fourth-order valence-corrected chi connectivity index (χ4v) is 3.39. The van der Waals surface area contributed by atoms with Crippen LogP contribution in [0.1, 0.15) is 22.2 Å². The molecule has 0 aliphatic heterocycles. The van der Waals surface area contributed by atoms with E-state index in [1.807, 2.05) is 42.5 Å². The molecule has 3 heterocycles. The number of imidazole rings is 1. The second-order valence-corrected chi connectivity index (χ2v) is 6.75. The minimum atomic E-state index is -0.760. The standard InChI is InChI=1S/C22H15N7O/c23-12-19(13-4-2-1-3-5-13)27-22(30)21-25-17-10-15-16(11-18(17)26-21)28-29-20(15)14-6-8-24-9-7-14/h1-11,19H,(H,25,26)(H,27,30)(H,28,29). The van der Waals surface area contributed by atoms with Gasteiger partial charge < -0.3 is 10.3 Å². The summed E-state index contributed by atoms with van der Waals surface area (Å²) in [6, 6.07) is 18.0. The fourth-order valence-electron chi connectivity index (χ4n) is 3.39. The number of nitrogens with one attached hydrogen (secondary N) is 3. The summed E-state index contributed by atoms with van der Waals surface area (Å²) in [5.74, 6) is -0.301. The van der Waals surface area contributed by atoms with E-state index >= 15 is 0 Å². The summed E-state index contributed by atoms with van der Waals surface area (Å²) in [5, 5.41) is 20.5. The van der Waals surface area contributed by atoms with E-state index < -0.39 is 11.9 Å². The van der Waals surface area contributed by atoms with Crippen molar-refractivity contribution in [2.45, 2.75) is 6.04 Å². The van der Waals surface area contributed by atoms with Gasteiger partial charge in [-0.3, -0.25) is 14.9 Å². The average molecular weight is 393 g/mol. The Balaban J connectivity index is 1.49. The molecular weight excluding hydrogens is 378 g/mol. The molecule has 1 amide bonds. The Morgan fingerprint density at radius 3 is 2.63 bits per heavy atom. The van der Waals surface area contributed by atoms with E-state index in [1.165, 1.54) is 0 Å². The van der Waals surface area contributed by atoms with Crippen LogP contribution in [0.3, 0.4) is 0 Å². The van der Waals surface area contributed by atoms with Crippen molar-refractivity contribution in [3.05, 3.63) is 78.4 Å². The van der Waals surface area contributed by atoms with Gasteiger partial charge in [0.2, 0.25) is 0 Å². The van der Waals surface area contributed by atoms with Crippen LogP contribution in [0, 0.1) is 11.3 Å². The molecule has 1 unspecified atom stereocenters. The zero-order valence-electron chi connectivity index (χ0n) is 15.6. The van der Waals surface area contributed by atoms with Crippen molar-refractivity contribution in [2.24, 2.45) is 0 Å². The zero-order chi connectivity index (χ0) is 20.5. The van der Waals surface area contributed by atoms with Gasteiger partial charge in [-0.25, -0.2) is 4.98 Å². The lowest BCUT2D eigenvalue weighted by Crippen LogP contribution is -2.28. The molecule has 3 N–H and O–H groups in total. The second kappa shape index (κ2) is 7.14. The van der Waals surface area contributed by atoms with Crippen LogP contribution in [0.2, 0.25) is 0 Å². The van der Waals surface area contributed by atoms with E-state index in [0.29, 0.717) is 16.6 Å². The number of rotatable bonds is 4. The summed E-state index contributed by atoms with van der Waals surface area (Å²) in [4.78, 5) is 24.2. The first-order valence-electron chi connectivity index (χ1n) is 9.26. The number of aromatic nitrogens is 5. The van der Waals surface area contributed by atoms with Gasteiger partial charge in [0.1, 0.15) is 11.7 Å². The second-order valence-electron chi connectivity index (χ2n) is 6.75. The molecule has 1 atom stereocenters. The lowest BCUT2D eigenvalue weighted by atomic mass is 10.1. The number of amides is 1. The highest BCUT2D eigenvalue weighted by Crippen LogP contribution is 2.28. The summed E-state index contributed by atoms with van der Waals surface area (Å²) in [6.07, 6.45) is 3.42. The van der Waals surface area contributed by atoms with E-state index in [9.17, 15) is 10.1 Å². The topological polar surface area (TPSA) is 123 Å². The van der Waals surface area contributed by atoms with Gasteiger partial charge >= 0.3 is 0 Å². The van der Waals surface area contributed by atoms with Gasteiger partial charge in [0.05, 0.1) is 22.6 Å². The van der Waals surface area contributed by atoms with Gasteiger partial charge in [-0.2, -0.15) is 10.4 Å². The molecule has 0 aliphatic carbocycles. The highest BCUT2D eigenvalue weighted by Gasteiger charge is 2.19. The summed E-state index contributed by atoms with van der Waals surface area (Å²) in [7, 11) is 0. The van der Waals surface area contributed by atoms with Gasteiger partial charge in [0, 0.05) is 23.3 Å². The summed E-state index contributed by atoms with van der Waals surface area (Å²) < 4.78 is 0. The maximum absolute atomic E-state index is 12.7. The van der Waals surface area contributed by atoms with Crippen molar-refractivity contribution in [2.75, 3.05) is 0 Å². The molecule has 0 saturated carbocycles. The van der Waals surface area contributed by atoms with Crippen LogP contribution in [-0.4, -0.2) is 31.1 Å². The lowest BCUT2D eigenvalue weighted by molar-refractivity contribution is 0.0936.